The molecule has 0 amide bonds. The number of carbonyl (C=O) groups is 1. The molecule has 0 heterocycles. The van der Waals surface area contributed by atoms with E-state index in [2.05, 4.69) is 0 Å². The molecule has 0 saturated carbocycles. The number of benzene rings is 2. The van der Waals surface area contributed by atoms with E-state index >= 15 is 0 Å². The fraction of sp³-hybridized carbons (Fsp3) is 0.188. The monoisotopic (exact) mass is 305 g/mol. The van der Waals surface area contributed by atoms with Crippen molar-refractivity contribution in [1.29, 1.82) is 0 Å². The first-order valence-electron chi connectivity index (χ1n) is 6.49. The third-order valence-corrected chi connectivity index (χ3v) is 3.24. The Morgan fingerprint density at radius 3 is 2.29 bits per heavy atom. The van der Waals surface area contributed by atoms with Crippen molar-refractivity contribution in [2.75, 3.05) is 0 Å². The predicted octanol–water partition coefficient (Wildman–Crippen LogP) is 2.66. The molecule has 0 aliphatic carbocycles. The number of phenolic OH excluding ortho intramolecular Hbond substituents is 1. The van der Waals surface area contributed by atoms with Gasteiger partial charge in [0.15, 0.2) is 0 Å². The zero-order chi connectivity index (χ0) is 15.2. The van der Waals surface area contributed by atoms with Crippen molar-refractivity contribution in [1.82, 2.24) is 0 Å². The van der Waals surface area contributed by atoms with Crippen LogP contribution in [0.2, 0.25) is 5.02 Å². The molecule has 0 aliphatic rings. The maximum Gasteiger partial charge on any atom is 0.323 e. The first-order valence-corrected chi connectivity index (χ1v) is 6.87. The van der Waals surface area contributed by atoms with Gasteiger partial charge in [-0.2, -0.15) is 0 Å². The van der Waals surface area contributed by atoms with Gasteiger partial charge in [-0.25, -0.2) is 0 Å². The fourth-order valence-corrected chi connectivity index (χ4v) is 1.94. The molecule has 3 N–H and O–H groups in total. The maximum absolute atomic E-state index is 11.8. The Kier molecular flexibility index (Phi) is 5.20. The van der Waals surface area contributed by atoms with Gasteiger partial charge < -0.3 is 15.6 Å². The van der Waals surface area contributed by atoms with E-state index in [-0.39, 0.29) is 12.4 Å². The van der Waals surface area contributed by atoms with Crippen LogP contribution in [0.4, 0.5) is 0 Å². The molecule has 1 atom stereocenters. The Morgan fingerprint density at radius 1 is 1.10 bits per heavy atom. The first-order chi connectivity index (χ1) is 10.0. The van der Waals surface area contributed by atoms with Crippen LogP contribution in [-0.2, 0) is 22.6 Å². The summed E-state index contributed by atoms with van der Waals surface area (Å²) in [6.07, 6.45) is 0.361. The minimum absolute atomic E-state index is 0.166. The van der Waals surface area contributed by atoms with Crippen molar-refractivity contribution in [3.05, 3.63) is 64.7 Å². The second-order valence-electron chi connectivity index (χ2n) is 4.71. The Morgan fingerprint density at radius 2 is 1.67 bits per heavy atom. The van der Waals surface area contributed by atoms with Crippen LogP contribution < -0.4 is 5.73 Å². The number of hydrogen-bond donors (Lipinski definition) is 2. The average molecular weight is 306 g/mol. The quantitative estimate of drug-likeness (QED) is 0.833. The van der Waals surface area contributed by atoms with Crippen molar-refractivity contribution < 1.29 is 14.6 Å². The Labute approximate surface area is 128 Å². The summed E-state index contributed by atoms with van der Waals surface area (Å²) < 4.78 is 5.17. The molecule has 0 bridgehead atoms. The lowest BCUT2D eigenvalue weighted by Gasteiger charge is -2.12. The molecule has 5 heteroatoms. The molecule has 4 nitrogen and oxygen atoms in total. The third kappa shape index (κ3) is 4.77. The lowest BCUT2D eigenvalue weighted by Crippen LogP contribution is -2.34. The van der Waals surface area contributed by atoms with Gasteiger partial charge in [-0.05, 0) is 41.8 Å². The summed E-state index contributed by atoms with van der Waals surface area (Å²) in [5, 5.41) is 9.83. The van der Waals surface area contributed by atoms with E-state index in [1.165, 1.54) is 0 Å². The Hall–Kier alpha value is -2.04. The molecular formula is C16H16ClNO3. The van der Waals surface area contributed by atoms with Crippen molar-refractivity contribution in [2.24, 2.45) is 5.73 Å². The van der Waals surface area contributed by atoms with E-state index in [0.717, 1.165) is 11.1 Å². The number of rotatable bonds is 5. The largest absolute Gasteiger partial charge is 0.508 e. The van der Waals surface area contributed by atoms with E-state index in [4.69, 9.17) is 22.1 Å². The number of nitrogens with two attached hydrogens (primary N) is 1. The van der Waals surface area contributed by atoms with Crippen molar-refractivity contribution in [3.63, 3.8) is 0 Å². The van der Waals surface area contributed by atoms with Crippen molar-refractivity contribution in [2.45, 2.75) is 19.1 Å². The molecule has 0 aromatic heterocycles. The van der Waals surface area contributed by atoms with Crippen molar-refractivity contribution >= 4 is 17.6 Å². The van der Waals surface area contributed by atoms with Crippen LogP contribution in [0.3, 0.4) is 0 Å². The van der Waals surface area contributed by atoms with Crippen LogP contribution in [0.25, 0.3) is 0 Å². The van der Waals surface area contributed by atoms with Gasteiger partial charge in [0, 0.05) is 5.02 Å². The summed E-state index contributed by atoms with van der Waals surface area (Å²) >= 11 is 5.78. The number of esters is 1. The van der Waals surface area contributed by atoms with Gasteiger partial charge in [0.05, 0.1) is 0 Å². The highest BCUT2D eigenvalue weighted by molar-refractivity contribution is 6.30. The van der Waals surface area contributed by atoms with Crippen LogP contribution in [0.1, 0.15) is 11.1 Å². The number of hydrogen-bond acceptors (Lipinski definition) is 4. The molecule has 21 heavy (non-hydrogen) atoms. The van der Waals surface area contributed by atoms with Gasteiger partial charge in [0.2, 0.25) is 0 Å². The Balaban J connectivity index is 1.84. The van der Waals surface area contributed by atoms with E-state index in [0.29, 0.717) is 11.4 Å². The minimum Gasteiger partial charge on any atom is -0.508 e. The van der Waals surface area contributed by atoms with Crippen LogP contribution in [-0.4, -0.2) is 17.1 Å². The highest BCUT2D eigenvalue weighted by Gasteiger charge is 2.15. The second-order valence-corrected chi connectivity index (χ2v) is 5.15. The third-order valence-electron chi connectivity index (χ3n) is 2.99. The van der Waals surface area contributed by atoms with Gasteiger partial charge in [0.1, 0.15) is 18.4 Å². The zero-order valence-corrected chi connectivity index (χ0v) is 12.1. The molecule has 1 unspecified atom stereocenters. The molecule has 0 aliphatic heterocycles. The summed E-state index contributed by atoms with van der Waals surface area (Å²) in [4.78, 5) is 11.8. The molecule has 0 radical (unpaired) electrons. The molecule has 2 rings (SSSR count). The smallest absolute Gasteiger partial charge is 0.323 e. The molecule has 0 fully saturated rings. The van der Waals surface area contributed by atoms with E-state index in [1.807, 2.05) is 0 Å². The second kappa shape index (κ2) is 7.11. The van der Waals surface area contributed by atoms with Gasteiger partial charge in [-0.1, -0.05) is 35.9 Å². The van der Waals surface area contributed by atoms with Gasteiger partial charge >= 0.3 is 5.97 Å². The lowest BCUT2D eigenvalue weighted by atomic mass is 10.1. The first kappa shape index (κ1) is 15.4. The predicted molar refractivity (Wildman–Crippen MR) is 81.0 cm³/mol. The minimum atomic E-state index is -0.734. The maximum atomic E-state index is 11.8. The SMILES string of the molecule is NC(Cc1ccc(O)cc1)C(=O)OCc1ccc(Cl)cc1. The van der Waals surface area contributed by atoms with E-state index in [9.17, 15) is 9.90 Å². The van der Waals surface area contributed by atoms with Crippen LogP contribution in [0, 0.1) is 0 Å². The number of ether oxygens (including phenoxy) is 1. The lowest BCUT2D eigenvalue weighted by molar-refractivity contribution is -0.146. The average Bonchev–Trinajstić information content (AvgIpc) is 2.48. The van der Waals surface area contributed by atoms with Crippen LogP contribution in [0.5, 0.6) is 5.75 Å². The highest BCUT2D eigenvalue weighted by Crippen LogP contribution is 2.12. The van der Waals surface area contributed by atoms with E-state index < -0.39 is 12.0 Å². The number of carbonyl (C=O) groups excluding carboxylic acids is 1. The summed E-state index contributed by atoms with van der Waals surface area (Å²) in [7, 11) is 0. The number of aromatic hydroxyl groups is 1. The van der Waals surface area contributed by atoms with Crippen molar-refractivity contribution in [3.8, 4) is 5.75 Å². The highest BCUT2D eigenvalue weighted by atomic mass is 35.5. The summed E-state index contributed by atoms with van der Waals surface area (Å²) in [6.45, 7) is 0.166. The van der Waals surface area contributed by atoms with Crippen LogP contribution >= 0.6 is 11.6 Å². The number of halogens is 1. The summed E-state index contributed by atoms with van der Waals surface area (Å²) in [5.41, 5.74) is 7.53. The standard InChI is InChI=1S/C16H16ClNO3/c17-13-5-1-12(2-6-13)10-21-16(20)15(18)9-11-3-7-14(19)8-4-11/h1-8,15,19H,9-10,18H2. The van der Waals surface area contributed by atoms with Crippen LogP contribution in [0.15, 0.2) is 48.5 Å². The zero-order valence-electron chi connectivity index (χ0n) is 11.3. The molecule has 0 spiro atoms. The Bertz CT molecular complexity index is 596. The van der Waals surface area contributed by atoms with Gasteiger partial charge in [0.25, 0.3) is 0 Å². The molecule has 0 saturated heterocycles. The molecular weight excluding hydrogens is 290 g/mol. The number of phenols is 1. The normalized spacial score (nSPS) is 11.9. The summed E-state index contributed by atoms with van der Waals surface area (Å²) in [6, 6.07) is 12.9. The molecule has 110 valence electrons. The van der Waals surface area contributed by atoms with E-state index in [1.54, 1.807) is 48.5 Å². The topological polar surface area (TPSA) is 72.5 Å². The fourth-order valence-electron chi connectivity index (χ4n) is 1.81. The summed E-state index contributed by atoms with van der Waals surface area (Å²) in [5.74, 6) is -0.282. The molecule has 2 aromatic carbocycles. The van der Waals surface area contributed by atoms with Gasteiger partial charge in [-0.15, -0.1) is 0 Å². The molecule has 2 aromatic rings. The van der Waals surface area contributed by atoms with Gasteiger partial charge in [-0.3, -0.25) is 4.79 Å².